The van der Waals surface area contributed by atoms with Crippen molar-refractivity contribution in [3.63, 3.8) is 0 Å². The van der Waals surface area contributed by atoms with E-state index in [9.17, 15) is 4.79 Å². The maximum atomic E-state index is 11.0. The molecule has 0 fully saturated rings. The molecule has 0 atom stereocenters. The Labute approximate surface area is 156 Å². The minimum Gasteiger partial charge on any atom is -0.474 e. The minimum atomic E-state index is -0.0597. The number of nitrogens with zero attached hydrogens (tertiary/aromatic N) is 3. The summed E-state index contributed by atoms with van der Waals surface area (Å²) < 4.78 is 10.6. The van der Waals surface area contributed by atoms with Crippen molar-refractivity contribution in [2.24, 2.45) is 0 Å². The first-order chi connectivity index (χ1) is 13.1. The van der Waals surface area contributed by atoms with Crippen LogP contribution in [0.3, 0.4) is 0 Å². The molecule has 8 nitrogen and oxygen atoms in total. The quantitative estimate of drug-likeness (QED) is 0.614. The topological polar surface area (TPSA) is 112 Å². The van der Waals surface area contributed by atoms with E-state index < -0.39 is 0 Å². The zero-order chi connectivity index (χ0) is 19.2. The van der Waals surface area contributed by atoms with Gasteiger partial charge < -0.3 is 20.5 Å². The van der Waals surface area contributed by atoms with Crippen molar-refractivity contribution in [2.45, 2.75) is 13.5 Å². The summed E-state index contributed by atoms with van der Waals surface area (Å²) in [6.45, 7) is 2.76. The number of fused-ring (bicyclic) bond motifs is 1. The number of nitrogens with one attached hydrogen (secondary N) is 1. The lowest BCUT2D eigenvalue weighted by molar-refractivity contribution is -0.119. The molecule has 140 valence electrons. The van der Waals surface area contributed by atoms with Crippen LogP contribution in [0.15, 0.2) is 36.4 Å². The van der Waals surface area contributed by atoms with Crippen molar-refractivity contribution in [3.05, 3.63) is 42.0 Å². The molecular weight excluding hydrogens is 346 g/mol. The monoisotopic (exact) mass is 367 g/mol. The first-order valence-electron chi connectivity index (χ1n) is 8.46. The number of nitrogen functional groups attached to an aromatic ring is 1. The van der Waals surface area contributed by atoms with E-state index in [4.69, 9.17) is 15.2 Å². The van der Waals surface area contributed by atoms with E-state index in [2.05, 4.69) is 20.3 Å². The number of methoxy groups -OCH3 is 1. The zero-order valence-corrected chi connectivity index (χ0v) is 15.2. The normalized spacial score (nSPS) is 10.7. The molecule has 0 aliphatic heterocycles. The molecule has 0 saturated carbocycles. The highest BCUT2D eigenvalue weighted by atomic mass is 16.5. The predicted octanol–water partition coefficient (Wildman–Crippen LogP) is 1.94. The summed E-state index contributed by atoms with van der Waals surface area (Å²) in [5.74, 6) is 0.404. The summed E-state index contributed by atoms with van der Waals surface area (Å²) in [6, 6.07) is 11.5. The summed E-state index contributed by atoms with van der Waals surface area (Å²) in [5.41, 5.74) is 9.61. The fourth-order valence-electron chi connectivity index (χ4n) is 2.51. The molecule has 3 aromatic rings. The second-order valence-corrected chi connectivity index (χ2v) is 5.90. The van der Waals surface area contributed by atoms with Crippen molar-refractivity contribution in [3.8, 4) is 17.1 Å². The number of carbonyl (C=O) groups is 1. The van der Waals surface area contributed by atoms with Crippen molar-refractivity contribution in [1.82, 2.24) is 20.3 Å². The largest absolute Gasteiger partial charge is 0.474 e. The van der Waals surface area contributed by atoms with Crippen LogP contribution >= 0.6 is 0 Å². The molecule has 2 aromatic heterocycles. The van der Waals surface area contributed by atoms with E-state index in [1.807, 2.05) is 36.4 Å². The molecule has 0 aliphatic rings. The molecule has 0 saturated heterocycles. The Bertz CT molecular complexity index is 944. The Morgan fingerprint density at radius 1 is 1.07 bits per heavy atom. The van der Waals surface area contributed by atoms with Crippen LogP contribution in [0.25, 0.3) is 22.3 Å². The number of aromatic nitrogens is 3. The number of anilines is 1. The lowest BCUT2D eigenvalue weighted by Gasteiger charge is -2.10. The molecule has 0 radical (unpaired) electrons. The molecule has 0 unspecified atom stereocenters. The van der Waals surface area contributed by atoms with Crippen LogP contribution in [-0.4, -0.2) is 41.2 Å². The number of amides is 1. The number of hydrogen-bond acceptors (Lipinski definition) is 7. The van der Waals surface area contributed by atoms with Crippen molar-refractivity contribution in [2.75, 3.05) is 26.1 Å². The lowest BCUT2D eigenvalue weighted by Crippen LogP contribution is -2.18. The minimum absolute atomic E-state index is 0.0597. The highest BCUT2D eigenvalue weighted by molar-refractivity contribution is 5.83. The summed E-state index contributed by atoms with van der Waals surface area (Å²) in [7, 11) is 1.60. The third-order valence-electron chi connectivity index (χ3n) is 3.85. The number of hydrogen-bond donors (Lipinski definition) is 2. The number of rotatable bonds is 7. The zero-order valence-electron chi connectivity index (χ0n) is 15.2. The summed E-state index contributed by atoms with van der Waals surface area (Å²) in [6.07, 6.45) is 0. The number of ether oxygens (including phenoxy) is 2. The van der Waals surface area contributed by atoms with Gasteiger partial charge in [-0.25, -0.2) is 9.97 Å². The average molecular weight is 367 g/mol. The van der Waals surface area contributed by atoms with Gasteiger partial charge in [-0.2, -0.15) is 4.98 Å². The Balaban J connectivity index is 1.89. The van der Waals surface area contributed by atoms with Gasteiger partial charge in [-0.1, -0.05) is 24.3 Å². The summed E-state index contributed by atoms with van der Waals surface area (Å²) in [5, 5.41) is 2.77. The first kappa shape index (κ1) is 18.5. The predicted molar refractivity (Wildman–Crippen MR) is 102 cm³/mol. The molecule has 1 amide bonds. The van der Waals surface area contributed by atoms with Gasteiger partial charge in [0.15, 0.2) is 5.52 Å². The molecule has 2 heterocycles. The van der Waals surface area contributed by atoms with Crippen LogP contribution in [0.5, 0.6) is 5.88 Å². The van der Waals surface area contributed by atoms with Crippen molar-refractivity contribution in [1.29, 1.82) is 0 Å². The van der Waals surface area contributed by atoms with Gasteiger partial charge in [0, 0.05) is 26.1 Å². The highest BCUT2D eigenvalue weighted by Crippen LogP contribution is 2.26. The number of carbonyl (C=O) groups excluding carboxylic acids is 1. The van der Waals surface area contributed by atoms with Gasteiger partial charge in [-0.3, -0.25) is 4.79 Å². The Hall–Kier alpha value is -3.26. The molecule has 0 aliphatic carbocycles. The van der Waals surface area contributed by atoms with Gasteiger partial charge in [-0.15, -0.1) is 0 Å². The van der Waals surface area contributed by atoms with Crippen LogP contribution in [-0.2, 0) is 16.1 Å². The molecule has 1 aromatic carbocycles. The maximum Gasteiger partial charge on any atom is 0.245 e. The fraction of sp³-hybridized carbons (Fsp3) is 0.263. The Kier molecular flexibility index (Phi) is 5.77. The van der Waals surface area contributed by atoms with Gasteiger partial charge in [0.25, 0.3) is 0 Å². The van der Waals surface area contributed by atoms with E-state index in [0.29, 0.717) is 36.7 Å². The summed E-state index contributed by atoms with van der Waals surface area (Å²) >= 11 is 0. The SMILES string of the molecule is COCCOc1nc(N)nc2ccc(-c3ccc(CNC(C)=O)cc3)nc12. The smallest absolute Gasteiger partial charge is 0.245 e. The summed E-state index contributed by atoms with van der Waals surface area (Å²) in [4.78, 5) is 24.0. The van der Waals surface area contributed by atoms with Gasteiger partial charge in [0.2, 0.25) is 17.7 Å². The fourth-order valence-corrected chi connectivity index (χ4v) is 2.51. The molecule has 0 spiro atoms. The van der Waals surface area contributed by atoms with E-state index in [1.165, 1.54) is 6.92 Å². The van der Waals surface area contributed by atoms with Gasteiger partial charge in [-0.05, 0) is 17.7 Å². The van der Waals surface area contributed by atoms with Crippen LogP contribution in [0.2, 0.25) is 0 Å². The standard InChI is InChI=1S/C19H21N5O3/c1-12(25)21-11-13-3-5-14(6-4-13)15-7-8-16-17(22-15)18(24-19(20)23-16)27-10-9-26-2/h3-8H,9-11H2,1-2H3,(H,21,25)(H2,20,23,24). The van der Waals surface area contributed by atoms with E-state index in [-0.39, 0.29) is 11.9 Å². The van der Waals surface area contributed by atoms with E-state index >= 15 is 0 Å². The van der Waals surface area contributed by atoms with Gasteiger partial charge >= 0.3 is 0 Å². The molecule has 3 rings (SSSR count). The molecule has 3 N–H and O–H groups in total. The van der Waals surface area contributed by atoms with E-state index in [0.717, 1.165) is 16.8 Å². The van der Waals surface area contributed by atoms with Crippen LogP contribution in [0.4, 0.5) is 5.95 Å². The van der Waals surface area contributed by atoms with E-state index in [1.54, 1.807) is 7.11 Å². The van der Waals surface area contributed by atoms with Crippen LogP contribution < -0.4 is 15.8 Å². The second kappa shape index (κ2) is 8.41. The molecular formula is C19H21N5O3. The molecule has 8 heteroatoms. The van der Waals surface area contributed by atoms with Gasteiger partial charge in [0.05, 0.1) is 17.8 Å². The number of benzene rings is 1. The average Bonchev–Trinajstić information content (AvgIpc) is 2.66. The number of pyridine rings is 1. The van der Waals surface area contributed by atoms with Gasteiger partial charge in [0.1, 0.15) is 6.61 Å². The number of nitrogens with two attached hydrogens (primary N) is 1. The second-order valence-electron chi connectivity index (χ2n) is 5.90. The Morgan fingerprint density at radius 3 is 2.56 bits per heavy atom. The highest BCUT2D eigenvalue weighted by Gasteiger charge is 2.11. The molecule has 0 bridgehead atoms. The van der Waals surface area contributed by atoms with Crippen LogP contribution in [0, 0.1) is 0 Å². The Morgan fingerprint density at radius 2 is 1.85 bits per heavy atom. The van der Waals surface area contributed by atoms with Crippen molar-refractivity contribution < 1.29 is 14.3 Å². The van der Waals surface area contributed by atoms with Crippen LogP contribution in [0.1, 0.15) is 12.5 Å². The third kappa shape index (κ3) is 4.68. The maximum absolute atomic E-state index is 11.0. The first-order valence-corrected chi connectivity index (χ1v) is 8.46. The molecule has 27 heavy (non-hydrogen) atoms. The lowest BCUT2D eigenvalue weighted by atomic mass is 10.1. The third-order valence-corrected chi connectivity index (χ3v) is 3.85. The van der Waals surface area contributed by atoms with Crippen molar-refractivity contribution >= 4 is 22.9 Å².